The van der Waals surface area contributed by atoms with Crippen molar-refractivity contribution in [2.45, 2.75) is 112 Å². The van der Waals surface area contributed by atoms with Gasteiger partial charge in [-0.1, -0.05) is 19.9 Å². The first kappa shape index (κ1) is 31.5. The molecule has 7 aliphatic rings. The van der Waals surface area contributed by atoms with Crippen LogP contribution in [0.1, 0.15) is 46.0 Å². The first-order chi connectivity index (χ1) is 21.4. The van der Waals surface area contributed by atoms with Crippen molar-refractivity contribution in [3.05, 3.63) is 12.7 Å². The van der Waals surface area contributed by atoms with Crippen molar-refractivity contribution in [2.24, 2.45) is 17.8 Å². The minimum atomic E-state index is -1.19. The number of amides is 2. The molecule has 7 rings (SSSR count). The summed E-state index contributed by atoms with van der Waals surface area (Å²) in [5, 5.41) is 18.1. The predicted molar refractivity (Wildman–Crippen MR) is 168 cm³/mol. The van der Waals surface area contributed by atoms with Gasteiger partial charge in [0.15, 0.2) is 0 Å². The van der Waals surface area contributed by atoms with Crippen molar-refractivity contribution in [3.63, 3.8) is 0 Å². The van der Waals surface area contributed by atoms with Crippen molar-refractivity contribution in [3.8, 4) is 0 Å². The van der Waals surface area contributed by atoms with E-state index in [1.165, 1.54) is 0 Å². The van der Waals surface area contributed by atoms with Crippen LogP contribution >= 0.6 is 11.8 Å². The van der Waals surface area contributed by atoms with Gasteiger partial charge in [0.2, 0.25) is 0 Å². The van der Waals surface area contributed by atoms with E-state index in [0.717, 1.165) is 44.6 Å². The molecule has 2 bridgehead atoms. The number of hydrogen-bond acceptors (Lipinski definition) is 9. The second-order valence-electron chi connectivity index (χ2n) is 14.3. The maximum absolute atomic E-state index is 16.6. The van der Waals surface area contributed by atoms with Gasteiger partial charge >= 0.3 is 6.03 Å². The lowest BCUT2D eigenvalue weighted by Gasteiger charge is -2.59. The van der Waals surface area contributed by atoms with Crippen molar-refractivity contribution in [1.82, 2.24) is 41.3 Å². The number of ether oxygens (including phenoxy) is 1. The first-order valence-electron chi connectivity index (χ1n) is 17.0. The molecule has 2 aliphatic carbocycles. The van der Waals surface area contributed by atoms with E-state index < -0.39 is 24.3 Å². The summed E-state index contributed by atoms with van der Waals surface area (Å²) in [4.78, 5) is 21.2. The van der Waals surface area contributed by atoms with Gasteiger partial charge < -0.3 is 20.3 Å². The quantitative estimate of drug-likeness (QED) is 0.220. The Morgan fingerprint density at radius 3 is 2.77 bits per heavy atom. The molecule has 2 amide bonds. The zero-order valence-corrected chi connectivity index (χ0v) is 27.0. The van der Waals surface area contributed by atoms with Crippen molar-refractivity contribution < 1.29 is 18.3 Å². The zero-order valence-electron chi connectivity index (χ0n) is 26.2. The lowest BCUT2D eigenvalue weighted by Crippen LogP contribution is -2.81. The van der Waals surface area contributed by atoms with Gasteiger partial charge in [0, 0.05) is 74.1 Å². The van der Waals surface area contributed by atoms with Crippen LogP contribution in [0.2, 0.25) is 0 Å². The lowest BCUT2D eigenvalue weighted by atomic mass is 9.72. The molecule has 5 aliphatic heterocycles. The highest BCUT2D eigenvalue weighted by Gasteiger charge is 2.60. The van der Waals surface area contributed by atoms with Crippen molar-refractivity contribution in [1.29, 1.82) is 0 Å². The Kier molecular flexibility index (Phi) is 9.47. The molecule has 13 heteroatoms. The average Bonchev–Trinajstić information content (AvgIpc) is 3.81. The van der Waals surface area contributed by atoms with Crippen molar-refractivity contribution >= 4 is 17.8 Å². The van der Waals surface area contributed by atoms with E-state index in [2.05, 4.69) is 56.8 Å². The lowest BCUT2D eigenvalue weighted by molar-refractivity contribution is -0.0878. The Morgan fingerprint density at radius 2 is 1.95 bits per heavy atom. The largest absolute Gasteiger partial charge is 0.362 e. The van der Waals surface area contributed by atoms with E-state index in [0.29, 0.717) is 44.9 Å². The number of piperazine rings is 1. The van der Waals surface area contributed by atoms with Gasteiger partial charge in [-0.05, 0) is 38.0 Å². The summed E-state index contributed by atoms with van der Waals surface area (Å²) >= 11 is 1.84. The summed E-state index contributed by atoms with van der Waals surface area (Å²) in [6.45, 7) is 12.3. The second-order valence-corrected chi connectivity index (χ2v) is 15.5. The molecule has 0 radical (unpaired) electrons. The van der Waals surface area contributed by atoms with Crippen LogP contribution in [0.5, 0.6) is 0 Å². The highest BCUT2D eigenvalue weighted by Crippen LogP contribution is 2.45. The average molecular weight is 639 g/mol. The van der Waals surface area contributed by atoms with Crippen LogP contribution in [0.4, 0.5) is 13.6 Å². The van der Waals surface area contributed by atoms with Gasteiger partial charge in [0.05, 0.1) is 37.1 Å². The number of carbonyl (C=O) groups excluding carboxylic acids is 1. The molecule has 0 aromatic carbocycles. The van der Waals surface area contributed by atoms with Gasteiger partial charge in [-0.15, -0.1) is 18.3 Å². The highest BCUT2D eigenvalue weighted by molar-refractivity contribution is 7.99. The molecule has 44 heavy (non-hydrogen) atoms. The number of alkyl halides is 2. The summed E-state index contributed by atoms with van der Waals surface area (Å²) in [6.07, 6.45) is 2.31. The van der Waals surface area contributed by atoms with Crippen LogP contribution in [-0.4, -0.2) is 132 Å². The third-order valence-corrected chi connectivity index (χ3v) is 12.7. The topological polar surface area (TPSA) is 96.2 Å². The number of urea groups is 1. The fourth-order valence-corrected chi connectivity index (χ4v) is 10.6. The fourth-order valence-electron chi connectivity index (χ4n) is 9.36. The van der Waals surface area contributed by atoms with E-state index >= 15 is 8.78 Å². The maximum Gasteiger partial charge on any atom is 0.320 e. The van der Waals surface area contributed by atoms with Crippen molar-refractivity contribution in [2.75, 3.05) is 45.4 Å². The second kappa shape index (κ2) is 13.2. The number of nitrogens with zero attached hydrogens (tertiary/aromatic N) is 3. The Balaban J connectivity index is 1.21. The number of hydrogen-bond donors (Lipinski definition) is 5. The molecule has 5 N–H and O–H groups in total. The molecule has 10 nitrogen and oxygen atoms in total. The molecule has 5 heterocycles. The van der Waals surface area contributed by atoms with Gasteiger partial charge in [0.1, 0.15) is 12.3 Å². The molecular weight excluding hydrogens is 586 g/mol. The number of thioether (sulfide) groups is 1. The fraction of sp³-hybridized carbons (Fsp3) is 0.903. The minimum absolute atomic E-state index is 0.0270. The Morgan fingerprint density at radius 1 is 1.09 bits per heavy atom. The third-order valence-electron chi connectivity index (χ3n) is 11.4. The van der Waals surface area contributed by atoms with Gasteiger partial charge in [-0.2, -0.15) is 0 Å². The van der Waals surface area contributed by atoms with Crippen LogP contribution in [0, 0.1) is 17.8 Å². The van der Waals surface area contributed by atoms with Gasteiger partial charge in [-0.25, -0.2) is 13.6 Å². The molecule has 0 spiro atoms. The molecule has 0 aromatic heterocycles. The van der Waals surface area contributed by atoms with E-state index in [1.807, 2.05) is 16.7 Å². The standard InChI is InChI=1S/C31H52F2N8O2S/c1-4-11-43-16-39-9-10-40(23-14-22(23)39)28-18-13-20(33)26-24-19(32)6-5-7-21(24)34-8-12-44-30-27(25(17(2)3)35-15-36-30)41(29(18)37-26)31(42)38-28/h4,17-30,34-37H,1,5-16H2,2-3H3,(H,38,42)/t18?,19?,20?,21?,22-,23+,24?,25?,26?,27?,28?,29?,30?/m0/s1. The number of fused-ring (bicyclic) bond motifs is 6. The molecule has 11 unspecified atom stereocenters. The molecule has 7 fully saturated rings. The Labute approximate surface area is 265 Å². The Hall–Kier alpha value is -1.06. The summed E-state index contributed by atoms with van der Waals surface area (Å²) in [7, 11) is 0. The predicted octanol–water partition coefficient (Wildman–Crippen LogP) is 1.61. The molecular formula is C31H52F2N8O2S. The number of piperidine rings is 1. The van der Waals surface area contributed by atoms with E-state index in [1.54, 1.807) is 6.08 Å². The van der Waals surface area contributed by atoms with Crippen LogP contribution in [0.15, 0.2) is 12.7 Å². The Bertz CT molecular complexity index is 1050. The van der Waals surface area contributed by atoms with Crippen LogP contribution in [0.25, 0.3) is 0 Å². The van der Waals surface area contributed by atoms with Gasteiger partial charge in [0.25, 0.3) is 0 Å². The number of nitrogens with one attached hydrogen (secondary N) is 5. The maximum atomic E-state index is 16.6. The smallest absolute Gasteiger partial charge is 0.320 e. The first-order valence-corrected chi connectivity index (χ1v) is 18.1. The van der Waals surface area contributed by atoms with Gasteiger partial charge in [-0.3, -0.25) is 25.8 Å². The molecule has 0 aromatic rings. The van der Waals surface area contributed by atoms with E-state index in [9.17, 15) is 4.79 Å². The molecule has 248 valence electrons. The summed E-state index contributed by atoms with van der Waals surface area (Å²) in [5.41, 5.74) is 0. The number of halogens is 2. The van der Waals surface area contributed by atoms with Crippen LogP contribution in [0.3, 0.4) is 0 Å². The third kappa shape index (κ3) is 5.82. The van der Waals surface area contributed by atoms with E-state index in [-0.39, 0.29) is 53.7 Å². The summed E-state index contributed by atoms with van der Waals surface area (Å²) < 4.78 is 38.1. The normalized spacial score (nSPS) is 46.5. The monoisotopic (exact) mass is 638 g/mol. The minimum Gasteiger partial charge on any atom is -0.362 e. The SMILES string of the molecule is C=CCOCN1CCN(C2NC(=O)N3C4NC(C(F)CC42)C2C(F)CCCC2NCCSC2NCNC(C(C)C)C23)[C@@H]2C[C@@H]21. The van der Waals surface area contributed by atoms with E-state index in [4.69, 9.17) is 4.74 Å². The molecule has 5 saturated heterocycles. The molecule has 2 saturated carbocycles. The highest BCUT2D eigenvalue weighted by atomic mass is 32.2. The number of carbonyl (C=O) groups is 1. The van der Waals surface area contributed by atoms with Crippen LogP contribution < -0.4 is 26.6 Å². The molecule has 13 atom stereocenters. The summed E-state index contributed by atoms with van der Waals surface area (Å²) in [6, 6.07) is -0.213. The zero-order chi connectivity index (χ0) is 30.5. The van der Waals surface area contributed by atoms with Crippen LogP contribution in [-0.2, 0) is 4.74 Å². The number of rotatable bonds is 6. The summed E-state index contributed by atoms with van der Waals surface area (Å²) in [5.74, 6) is 0.502.